The third-order valence-corrected chi connectivity index (χ3v) is 2.61. The summed E-state index contributed by atoms with van der Waals surface area (Å²) in [6, 6.07) is 8.37. The maximum Gasteiger partial charge on any atom is 0.214 e. The molecule has 0 radical (unpaired) electrons. The third kappa shape index (κ3) is 2.19. The van der Waals surface area contributed by atoms with Gasteiger partial charge in [0.25, 0.3) is 0 Å². The van der Waals surface area contributed by atoms with Gasteiger partial charge in [-0.2, -0.15) is 0 Å². The Morgan fingerprint density at radius 2 is 1.82 bits per heavy atom. The Kier molecular flexibility index (Phi) is 2.93. The number of allylic oxidation sites excluding steroid dienone is 2. The second-order valence-electron chi connectivity index (χ2n) is 3.86. The van der Waals surface area contributed by atoms with E-state index in [2.05, 4.69) is 0 Å². The molecule has 0 aliphatic heterocycles. The molecule has 4 heteroatoms. The van der Waals surface area contributed by atoms with Crippen molar-refractivity contribution in [1.82, 2.24) is 0 Å². The van der Waals surface area contributed by atoms with E-state index in [0.717, 1.165) is 6.08 Å². The van der Waals surface area contributed by atoms with E-state index in [9.17, 15) is 20.1 Å². The van der Waals surface area contributed by atoms with Crippen molar-refractivity contribution in [2.75, 3.05) is 0 Å². The first-order chi connectivity index (χ1) is 8.02. The largest absolute Gasteiger partial charge is 0.382 e. The molecule has 0 heterocycles. The van der Waals surface area contributed by atoms with Crippen LogP contribution >= 0.6 is 0 Å². The summed E-state index contributed by atoms with van der Waals surface area (Å²) in [4.78, 5) is 12.0. The number of rotatable bonds is 2. The fourth-order valence-electron chi connectivity index (χ4n) is 1.66. The second-order valence-corrected chi connectivity index (χ2v) is 3.86. The highest BCUT2D eigenvalue weighted by atomic mass is 16.5. The highest BCUT2D eigenvalue weighted by molar-refractivity contribution is 6.09. The van der Waals surface area contributed by atoms with Gasteiger partial charge in [0.1, 0.15) is 6.10 Å². The standard InChI is InChI=1S/C13H12O4/c14-11(9-5-2-1-3-6-9)10-7-4-8-13(16,17)12(10)15/h1-8,12,15-17H. The van der Waals surface area contributed by atoms with Gasteiger partial charge in [-0.3, -0.25) is 4.79 Å². The van der Waals surface area contributed by atoms with Crippen molar-refractivity contribution in [2.45, 2.75) is 11.9 Å². The molecule has 0 bridgehead atoms. The van der Waals surface area contributed by atoms with Crippen molar-refractivity contribution < 1.29 is 20.1 Å². The molecule has 1 unspecified atom stereocenters. The molecule has 2 rings (SSSR count). The van der Waals surface area contributed by atoms with E-state index in [4.69, 9.17) is 0 Å². The van der Waals surface area contributed by atoms with Gasteiger partial charge < -0.3 is 15.3 Å². The van der Waals surface area contributed by atoms with Crippen molar-refractivity contribution in [2.24, 2.45) is 0 Å². The van der Waals surface area contributed by atoms with E-state index in [-0.39, 0.29) is 5.57 Å². The molecule has 1 aliphatic rings. The van der Waals surface area contributed by atoms with Crippen LogP contribution in [0.2, 0.25) is 0 Å². The van der Waals surface area contributed by atoms with E-state index < -0.39 is 17.7 Å². The fourth-order valence-corrected chi connectivity index (χ4v) is 1.66. The highest BCUT2D eigenvalue weighted by Gasteiger charge is 2.37. The summed E-state index contributed by atoms with van der Waals surface area (Å²) in [6.07, 6.45) is 2.10. The molecule has 1 aliphatic carbocycles. The summed E-state index contributed by atoms with van der Waals surface area (Å²) in [5.74, 6) is -2.82. The molecule has 0 fully saturated rings. The number of aliphatic hydroxyl groups is 3. The fraction of sp³-hybridized carbons (Fsp3) is 0.154. The monoisotopic (exact) mass is 232 g/mol. The molecule has 0 saturated carbocycles. The Morgan fingerprint density at radius 3 is 2.47 bits per heavy atom. The summed E-state index contributed by atoms with van der Waals surface area (Å²) in [6.45, 7) is 0. The molecule has 0 saturated heterocycles. The lowest BCUT2D eigenvalue weighted by Gasteiger charge is -2.28. The number of ketones is 1. The summed E-state index contributed by atoms with van der Waals surface area (Å²) in [5.41, 5.74) is 0.354. The SMILES string of the molecule is O=C(C1=CC=CC(O)(O)C1O)c1ccccc1. The molecule has 1 aromatic rings. The minimum absolute atomic E-state index is 0.0382. The maximum absolute atomic E-state index is 12.0. The molecule has 0 spiro atoms. The van der Waals surface area contributed by atoms with Crippen LogP contribution < -0.4 is 0 Å². The van der Waals surface area contributed by atoms with Crippen LogP contribution in [-0.4, -0.2) is 33.0 Å². The van der Waals surface area contributed by atoms with Crippen molar-refractivity contribution in [3.8, 4) is 0 Å². The average molecular weight is 232 g/mol. The minimum atomic E-state index is -2.39. The van der Waals surface area contributed by atoms with Gasteiger partial charge in [-0.25, -0.2) is 0 Å². The van der Waals surface area contributed by atoms with Crippen LogP contribution in [0.3, 0.4) is 0 Å². The second kappa shape index (κ2) is 4.25. The maximum atomic E-state index is 12.0. The highest BCUT2D eigenvalue weighted by Crippen LogP contribution is 2.24. The first-order valence-corrected chi connectivity index (χ1v) is 5.14. The zero-order valence-corrected chi connectivity index (χ0v) is 8.95. The summed E-state index contributed by atoms with van der Waals surface area (Å²) in [7, 11) is 0. The molecule has 1 aromatic carbocycles. The number of carbonyl (C=O) groups excluding carboxylic acids is 1. The van der Waals surface area contributed by atoms with E-state index in [1.54, 1.807) is 30.3 Å². The Hall–Kier alpha value is -1.75. The number of hydrogen-bond donors (Lipinski definition) is 3. The zero-order chi connectivity index (χ0) is 12.5. The van der Waals surface area contributed by atoms with Crippen molar-refractivity contribution in [1.29, 1.82) is 0 Å². The molecular weight excluding hydrogens is 220 g/mol. The van der Waals surface area contributed by atoms with Crippen molar-refractivity contribution in [3.63, 3.8) is 0 Å². The predicted molar refractivity (Wildman–Crippen MR) is 61.2 cm³/mol. The van der Waals surface area contributed by atoms with Crippen molar-refractivity contribution >= 4 is 5.78 Å². The summed E-state index contributed by atoms with van der Waals surface area (Å²) < 4.78 is 0. The lowest BCUT2D eigenvalue weighted by Crippen LogP contribution is -2.44. The molecule has 4 nitrogen and oxygen atoms in total. The Bertz CT molecular complexity index is 485. The summed E-state index contributed by atoms with van der Waals surface area (Å²) >= 11 is 0. The van der Waals surface area contributed by atoms with E-state index in [1.165, 1.54) is 12.2 Å². The van der Waals surface area contributed by atoms with Gasteiger partial charge in [0, 0.05) is 11.1 Å². The minimum Gasteiger partial charge on any atom is -0.382 e. The van der Waals surface area contributed by atoms with Crippen LogP contribution in [0.15, 0.2) is 54.1 Å². The molecule has 3 N–H and O–H groups in total. The number of carbonyl (C=O) groups is 1. The average Bonchev–Trinajstić information content (AvgIpc) is 2.33. The van der Waals surface area contributed by atoms with Crippen molar-refractivity contribution in [3.05, 3.63) is 59.7 Å². The van der Waals surface area contributed by atoms with Crippen LogP contribution in [-0.2, 0) is 0 Å². The van der Waals surface area contributed by atoms with Gasteiger partial charge in [0.2, 0.25) is 5.79 Å². The van der Waals surface area contributed by atoms with Crippen LogP contribution in [0.5, 0.6) is 0 Å². The Labute approximate surface area is 98.1 Å². The third-order valence-electron chi connectivity index (χ3n) is 2.61. The van der Waals surface area contributed by atoms with Gasteiger partial charge in [-0.1, -0.05) is 42.5 Å². The summed E-state index contributed by atoms with van der Waals surface area (Å²) in [5, 5.41) is 28.6. The molecule has 88 valence electrons. The smallest absolute Gasteiger partial charge is 0.214 e. The van der Waals surface area contributed by atoms with E-state index in [0.29, 0.717) is 5.56 Å². The quantitative estimate of drug-likeness (QED) is 0.509. The molecule has 1 atom stereocenters. The van der Waals surface area contributed by atoms with Crippen LogP contribution in [0.25, 0.3) is 0 Å². The van der Waals surface area contributed by atoms with Gasteiger partial charge in [-0.05, 0) is 6.08 Å². The molecule has 17 heavy (non-hydrogen) atoms. The van der Waals surface area contributed by atoms with Gasteiger partial charge in [0.05, 0.1) is 0 Å². The van der Waals surface area contributed by atoms with E-state index >= 15 is 0 Å². The van der Waals surface area contributed by atoms with Crippen LogP contribution in [0.4, 0.5) is 0 Å². The number of benzene rings is 1. The van der Waals surface area contributed by atoms with Gasteiger partial charge >= 0.3 is 0 Å². The lowest BCUT2D eigenvalue weighted by molar-refractivity contribution is -0.176. The zero-order valence-electron chi connectivity index (χ0n) is 8.95. The Morgan fingerprint density at radius 1 is 1.18 bits per heavy atom. The molecule has 0 aromatic heterocycles. The normalized spacial score (nSPS) is 22.1. The van der Waals surface area contributed by atoms with Crippen LogP contribution in [0, 0.1) is 0 Å². The van der Waals surface area contributed by atoms with E-state index in [1.807, 2.05) is 0 Å². The topological polar surface area (TPSA) is 77.8 Å². The number of Topliss-reactive ketones (excluding diaryl/α,β-unsaturated/α-hetero) is 1. The number of hydrogen-bond acceptors (Lipinski definition) is 4. The molecule has 0 amide bonds. The first kappa shape index (κ1) is 11.7. The van der Waals surface area contributed by atoms with Gasteiger partial charge in [0.15, 0.2) is 5.78 Å². The number of aliphatic hydroxyl groups excluding tert-OH is 1. The first-order valence-electron chi connectivity index (χ1n) is 5.14. The Balaban J connectivity index is 2.33. The van der Waals surface area contributed by atoms with Gasteiger partial charge in [-0.15, -0.1) is 0 Å². The lowest BCUT2D eigenvalue weighted by atomic mass is 9.90. The molecular formula is C13H12O4. The predicted octanol–water partition coefficient (Wildman–Crippen LogP) is 0.407. The van der Waals surface area contributed by atoms with Crippen LogP contribution in [0.1, 0.15) is 10.4 Å².